The Morgan fingerprint density at radius 1 is 1.19 bits per heavy atom. The van der Waals surface area contributed by atoms with Crippen molar-refractivity contribution in [1.29, 1.82) is 5.26 Å². The highest BCUT2D eigenvalue weighted by atomic mass is 32.2. The minimum absolute atomic E-state index is 0.303. The van der Waals surface area contributed by atoms with Gasteiger partial charge in [-0.25, -0.2) is 0 Å². The van der Waals surface area contributed by atoms with E-state index in [-0.39, 0.29) is 11.3 Å². The molecule has 2 aromatic rings. The van der Waals surface area contributed by atoms with Crippen LogP contribution in [0.5, 0.6) is 0 Å². The monoisotopic (exact) mass is 401 g/mol. The van der Waals surface area contributed by atoms with E-state index < -0.39 is 37.3 Å². The molecule has 142 valence electrons. The molecule has 0 spiro atoms. The normalized spacial score (nSPS) is 11.7. The molecule has 12 heteroatoms. The van der Waals surface area contributed by atoms with Gasteiger partial charge in [0.25, 0.3) is 15.7 Å². The van der Waals surface area contributed by atoms with Crippen LogP contribution in [0.2, 0.25) is 0 Å². The highest BCUT2D eigenvalue weighted by Crippen LogP contribution is 2.32. The maximum atomic E-state index is 12.7. The summed E-state index contributed by atoms with van der Waals surface area (Å²) in [6, 6.07) is 7.07. The summed E-state index contributed by atoms with van der Waals surface area (Å²) in [5.41, 5.74) is -2.19. The zero-order valence-electron chi connectivity index (χ0n) is 13.5. The van der Waals surface area contributed by atoms with Gasteiger partial charge in [-0.05, 0) is 30.3 Å². The van der Waals surface area contributed by atoms with Crippen molar-refractivity contribution in [2.45, 2.75) is 11.1 Å². The molecule has 0 atom stereocenters. The van der Waals surface area contributed by atoms with Crippen molar-refractivity contribution >= 4 is 21.4 Å². The molecule has 0 heterocycles. The first kappa shape index (κ1) is 20.1. The third-order valence-electron chi connectivity index (χ3n) is 3.37. The fraction of sp³-hybridized carbons (Fsp3) is 0.133. The van der Waals surface area contributed by atoms with Crippen molar-refractivity contribution in [3.63, 3.8) is 0 Å². The fourth-order valence-electron chi connectivity index (χ4n) is 2.12. The van der Waals surface area contributed by atoms with E-state index in [9.17, 15) is 31.7 Å². The number of hydrogen-bond donors (Lipinski definition) is 0. The van der Waals surface area contributed by atoms with E-state index in [2.05, 4.69) is 0 Å². The molecule has 0 unspecified atom stereocenters. The maximum absolute atomic E-state index is 12.7. The highest BCUT2D eigenvalue weighted by molar-refractivity contribution is 7.92. The van der Waals surface area contributed by atoms with Crippen LogP contribution in [-0.4, -0.2) is 20.5 Å². The Hall–Kier alpha value is -3.17. The molecule has 2 aromatic carbocycles. The number of hydrogen-bond acceptors (Lipinski definition) is 6. The van der Waals surface area contributed by atoms with E-state index in [1.807, 2.05) is 0 Å². The third kappa shape index (κ3) is 3.99. The summed E-state index contributed by atoms with van der Waals surface area (Å²) < 4.78 is 63.6. The van der Waals surface area contributed by atoms with Crippen molar-refractivity contribution in [1.82, 2.24) is 0 Å². The molecule has 0 aliphatic rings. The van der Waals surface area contributed by atoms with Crippen molar-refractivity contribution in [2.75, 3.05) is 11.6 Å². The van der Waals surface area contributed by atoms with E-state index in [0.717, 1.165) is 37.4 Å². The Balaban J connectivity index is 2.53. The summed E-state index contributed by atoms with van der Waals surface area (Å²) in [5.74, 6) is 0. The second-order valence-electron chi connectivity index (χ2n) is 5.01. The molecular weight excluding hydrogens is 391 g/mol. The number of rotatable bonds is 5. The Morgan fingerprint density at radius 2 is 1.78 bits per heavy atom. The van der Waals surface area contributed by atoms with Crippen molar-refractivity contribution in [3.8, 4) is 6.07 Å². The Morgan fingerprint density at radius 3 is 2.22 bits per heavy atom. The maximum Gasteiger partial charge on any atom is 0.416 e. The molecule has 0 amide bonds. The molecule has 8 nitrogen and oxygen atoms in total. The molecule has 0 aliphatic heterocycles. The number of benzene rings is 2. The number of sulfonamides is 1. The predicted octanol–water partition coefficient (Wildman–Crippen LogP) is 3.24. The number of halogens is 3. The van der Waals surface area contributed by atoms with Gasteiger partial charge in [0.1, 0.15) is 11.8 Å². The van der Waals surface area contributed by atoms with Gasteiger partial charge >= 0.3 is 6.18 Å². The standard InChI is InChI=1S/C15H10F3N3O5S/c1-26-21(14-7-4-12(20(22)23)8-10(14)9-19)27(24,25)13-5-2-11(3-6-13)15(16,17)18/h2-8H,1H3. The lowest BCUT2D eigenvalue weighted by atomic mass is 10.2. The van der Waals surface area contributed by atoms with Gasteiger partial charge in [0.05, 0.1) is 28.1 Å². The number of nitrogens with zero attached hydrogens (tertiary/aromatic N) is 3. The third-order valence-corrected chi connectivity index (χ3v) is 5.02. The van der Waals surface area contributed by atoms with Gasteiger partial charge < -0.3 is 0 Å². The molecule has 0 aliphatic carbocycles. The van der Waals surface area contributed by atoms with Crippen LogP contribution in [0.4, 0.5) is 24.5 Å². The molecule has 0 bridgehead atoms. The molecular formula is C15H10F3N3O5S. The lowest BCUT2D eigenvalue weighted by molar-refractivity contribution is -0.384. The summed E-state index contributed by atoms with van der Waals surface area (Å²) in [5, 5.41) is 19.9. The van der Waals surface area contributed by atoms with E-state index in [4.69, 9.17) is 10.1 Å². The molecule has 27 heavy (non-hydrogen) atoms. The number of nitro groups is 1. The van der Waals surface area contributed by atoms with Gasteiger partial charge in [-0.3, -0.25) is 15.0 Å². The number of anilines is 1. The summed E-state index contributed by atoms with van der Waals surface area (Å²) in [7, 11) is -3.55. The average Bonchev–Trinajstić information content (AvgIpc) is 2.61. The lowest BCUT2D eigenvalue weighted by Crippen LogP contribution is -2.30. The zero-order chi connectivity index (χ0) is 20.4. The van der Waals surface area contributed by atoms with Gasteiger partial charge in [-0.15, -0.1) is 4.47 Å². The number of nitro benzene ring substituents is 1. The summed E-state index contributed by atoms with van der Waals surface area (Å²) in [6.45, 7) is 0. The van der Waals surface area contributed by atoms with E-state index in [0.29, 0.717) is 16.6 Å². The van der Waals surface area contributed by atoms with Crippen molar-refractivity contribution in [2.24, 2.45) is 0 Å². The summed E-state index contributed by atoms with van der Waals surface area (Å²) in [4.78, 5) is 14.3. The largest absolute Gasteiger partial charge is 0.416 e. The van der Waals surface area contributed by atoms with E-state index in [1.165, 1.54) is 0 Å². The van der Waals surface area contributed by atoms with Crippen LogP contribution in [0.1, 0.15) is 11.1 Å². The second kappa shape index (κ2) is 7.22. The van der Waals surface area contributed by atoms with Gasteiger partial charge in [-0.2, -0.15) is 26.9 Å². The SMILES string of the molecule is CON(c1ccc([N+](=O)[O-])cc1C#N)S(=O)(=O)c1ccc(C(F)(F)F)cc1. The Bertz CT molecular complexity index is 1010. The highest BCUT2D eigenvalue weighted by Gasteiger charge is 2.32. The number of alkyl halides is 3. The van der Waals surface area contributed by atoms with Crippen LogP contribution in [0.25, 0.3) is 0 Å². The molecule has 0 saturated heterocycles. The van der Waals surface area contributed by atoms with Crippen molar-refractivity contribution in [3.05, 3.63) is 63.7 Å². The minimum atomic E-state index is -4.64. The Kier molecular flexibility index (Phi) is 5.38. The lowest BCUT2D eigenvalue weighted by Gasteiger charge is -2.22. The summed E-state index contributed by atoms with van der Waals surface area (Å²) in [6.07, 6.45) is -4.64. The van der Waals surface area contributed by atoms with E-state index in [1.54, 1.807) is 6.07 Å². The average molecular weight is 401 g/mol. The van der Waals surface area contributed by atoms with Gasteiger partial charge in [-0.1, -0.05) is 0 Å². The van der Waals surface area contributed by atoms with Crippen LogP contribution < -0.4 is 4.47 Å². The van der Waals surface area contributed by atoms with Gasteiger partial charge in [0.2, 0.25) is 0 Å². The van der Waals surface area contributed by atoms with Gasteiger partial charge in [0, 0.05) is 12.1 Å². The number of non-ortho nitro benzene ring substituents is 1. The molecule has 0 saturated carbocycles. The first-order valence-electron chi connectivity index (χ1n) is 6.97. The van der Waals surface area contributed by atoms with E-state index >= 15 is 0 Å². The van der Waals surface area contributed by atoms with Crippen LogP contribution in [0.15, 0.2) is 47.4 Å². The van der Waals surface area contributed by atoms with Crippen LogP contribution in [-0.2, 0) is 21.0 Å². The van der Waals surface area contributed by atoms with Crippen LogP contribution in [0, 0.1) is 21.4 Å². The Labute approximate surface area is 151 Å². The first-order chi connectivity index (χ1) is 12.5. The first-order valence-corrected chi connectivity index (χ1v) is 8.41. The second-order valence-corrected chi connectivity index (χ2v) is 6.76. The zero-order valence-corrected chi connectivity index (χ0v) is 14.3. The molecule has 0 aromatic heterocycles. The molecule has 0 fully saturated rings. The summed E-state index contributed by atoms with van der Waals surface area (Å²) >= 11 is 0. The van der Waals surface area contributed by atoms with Crippen LogP contribution >= 0.6 is 0 Å². The number of nitriles is 1. The quantitative estimate of drug-likeness (QED) is 0.561. The molecule has 0 radical (unpaired) electrons. The molecule has 2 rings (SSSR count). The molecule has 0 N–H and O–H groups in total. The minimum Gasteiger partial charge on any atom is -0.262 e. The van der Waals surface area contributed by atoms with Crippen molar-refractivity contribution < 1.29 is 31.3 Å². The van der Waals surface area contributed by atoms with Gasteiger partial charge in [0.15, 0.2) is 0 Å². The fourth-order valence-corrected chi connectivity index (χ4v) is 3.41. The van der Waals surface area contributed by atoms with Crippen LogP contribution in [0.3, 0.4) is 0 Å². The smallest absolute Gasteiger partial charge is 0.262 e. The predicted molar refractivity (Wildman–Crippen MR) is 85.9 cm³/mol. The topological polar surface area (TPSA) is 114 Å².